The highest BCUT2D eigenvalue weighted by molar-refractivity contribution is 7.85. The first kappa shape index (κ1) is 10.9. The van der Waals surface area contributed by atoms with Crippen molar-refractivity contribution < 1.29 is 13.0 Å². The first-order valence-corrected chi connectivity index (χ1v) is 5.65. The van der Waals surface area contributed by atoms with Gasteiger partial charge in [-0.1, -0.05) is 25.6 Å². The Kier molecular flexibility index (Phi) is 3.08. The second-order valence-electron chi connectivity index (χ2n) is 2.96. The van der Waals surface area contributed by atoms with Crippen molar-refractivity contribution in [1.82, 2.24) is 0 Å². The highest BCUT2D eigenvalue weighted by Crippen LogP contribution is 2.17. The quantitative estimate of drug-likeness (QED) is 0.782. The molecule has 4 heteroatoms. The lowest BCUT2D eigenvalue weighted by atomic mass is 10.1. The van der Waals surface area contributed by atoms with Crippen molar-refractivity contribution in [3.63, 3.8) is 0 Å². The van der Waals surface area contributed by atoms with E-state index >= 15 is 0 Å². The number of hydrogen-bond donors (Lipinski definition) is 1. The first-order chi connectivity index (χ1) is 6.45. The SMILES string of the molecule is C=C(CC)c1ccc(S(=O)(=O)O)cc1. The normalized spacial score (nSPS) is 11.3. The maximum Gasteiger partial charge on any atom is 0.294 e. The fraction of sp³-hybridized carbons (Fsp3) is 0.200. The van der Waals surface area contributed by atoms with Crippen LogP contribution in [0.5, 0.6) is 0 Å². The predicted octanol–water partition coefficient (Wildman–Crippen LogP) is 2.36. The van der Waals surface area contributed by atoms with Gasteiger partial charge in [-0.2, -0.15) is 8.42 Å². The Morgan fingerprint density at radius 1 is 1.36 bits per heavy atom. The van der Waals surface area contributed by atoms with Crippen LogP contribution in [0.4, 0.5) is 0 Å². The minimum atomic E-state index is -4.08. The van der Waals surface area contributed by atoms with Gasteiger partial charge in [0, 0.05) is 0 Å². The van der Waals surface area contributed by atoms with E-state index in [0.717, 1.165) is 17.6 Å². The molecule has 0 unspecified atom stereocenters. The first-order valence-electron chi connectivity index (χ1n) is 4.21. The van der Waals surface area contributed by atoms with Gasteiger partial charge in [0.1, 0.15) is 0 Å². The molecule has 0 aliphatic rings. The van der Waals surface area contributed by atoms with Crippen LogP contribution in [0.3, 0.4) is 0 Å². The lowest BCUT2D eigenvalue weighted by molar-refractivity contribution is 0.483. The third-order valence-electron chi connectivity index (χ3n) is 1.99. The maximum absolute atomic E-state index is 10.7. The van der Waals surface area contributed by atoms with Crippen LogP contribution in [-0.4, -0.2) is 13.0 Å². The Balaban J connectivity index is 3.07. The van der Waals surface area contributed by atoms with Crippen LogP contribution in [0.25, 0.3) is 5.57 Å². The Morgan fingerprint density at radius 2 is 1.86 bits per heavy atom. The lowest BCUT2D eigenvalue weighted by Gasteiger charge is -2.03. The molecule has 0 aliphatic heterocycles. The van der Waals surface area contributed by atoms with Crippen LogP contribution in [0.2, 0.25) is 0 Å². The Morgan fingerprint density at radius 3 is 2.21 bits per heavy atom. The molecule has 0 bridgehead atoms. The van der Waals surface area contributed by atoms with Crippen molar-refractivity contribution in [3.05, 3.63) is 36.4 Å². The molecule has 0 saturated carbocycles. The van der Waals surface area contributed by atoms with Crippen molar-refractivity contribution in [2.24, 2.45) is 0 Å². The van der Waals surface area contributed by atoms with Gasteiger partial charge in [0.25, 0.3) is 10.1 Å². The van der Waals surface area contributed by atoms with Gasteiger partial charge in [0.05, 0.1) is 4.90 Å². The summed E-state index contributed by atoms with van der Waals surface area (Å²) in [5, 5.41) is 0. The highest BCUT2D eigenvalue weighted by atomic mass is 32.2. The Bertz CT molecular complexity index is 429. The summed E-state index contributed by atoms with van der Waals surface area (Å²) in [5.41, 5.74) is 1.83. The van der Waals surface area contributed by atoms with E-state index in [1.54, 1.807) is 12.1 Å². The molecular weight excluding hydrogens is 200 g/mol. The monoisotopic (exact) mass is 212 g/mol. The fourth-order valence-electron chi connectivity index (χ4n) is 1.07. The van der Waals surface area contributed by atoms with E-state index in [0.29, 0.717) is 0 Å². The number of rotatable bonds is 3. The molecule has 0 fully saturated rings. The van der Waals surface area contributed by atoms with Crippen LogP contribution >= 0.6 is 0 Å². The van der Waals surface area contributed by atoms with Crippen molar-refractivity contribution in [1.29, 1.82) is 0 Å². The van der Waals surface area contributed by atoms with Gasteiger partial charge in [0.15, 0.2) is 0 Å². The molecule has 3 nitrogen and oxygen atoms in total. The van der Waals surface area contributed by atoms with Crippen LogP contribution < -0.4 is 0 Å². The Hall–Kier alpha value is -1.13. The molecule has 0 radical (unpaired) electrons. The van der Waals surface area contributed by atoms with Crippen molar-refractivity contribution >= 4 is 15.7 Å². The summed E-state index contributed by atoms with van der Waals surface area (Å²) in [5.74, 6) is 0. The summed E-state index contributed by atoms with van der Waals surface area (Å²) in [7, 11) is -4.08. The van der Waals surface area contributed by atoms with Gasteiger partial charge in [0.2, 0.25) is 0 Å². The lowest BCUT2D eigenvalue weighted by Crippen LogP contribution is -1.97. The van der Waals surface area contributed by atoms with E-state index in [9.17, 15) is 8.42 Å². The summed E-state index contributed by atoms with van der Waals surface area (Å²) in [4.78, 5) is -0.0925. The van der Waals surface area contributed by atoms with Crippen molar-refractivity contribution in [2.45, 2.75) is 18.2 Å². The molecule has 0 atom stereocenters. The molecule has 14 heavy (non-hydrogen) atoms. The molecular formula is C10H12O3S. The third-order valence-corrected chi connectivity index (χ3v) is 2.86. The smallest absolute Gasteiger partial charge is 0.282 e. The van der Waals surface area contributed by atoms with Gasteiger partial charge >= 0.3 is 0 Å². The van der Waals surface area contributed by atoms with E-state index < -0.39 is 10.1 Å². The zero-order chi connectivity index (χ0) is 10.8. The molecule has 76 valence electrons. The predicted molar refractivity (Wildman–Crippen MR) is 55.6 cm³/mol. The molecule has 0 spiro atoms. The van der Waals surface area contributed by atoms with E-state index in [1.807, 2.05) is 6.92 Å². The summed E-state index contributed by atoms with van der Waals surface area (Å²) >= 11 is 0. The second kappa shape index (κ2) is 3.94. The fourth-order valence-corrected chi connectivity index (χ4v) is 1.55. The van der Waals surface area contributed by atoms with Crippen LogP contribution in [-0.2, 0) is 10.1 Å². The topological polar surface area (TPSA) is 54.4 Å². The molecule has 1 aromatic rings. The summed E-state index contributed by atoms with van der Waals surface area (Å²) in [6.45, 7) is 5.79. The molecule has 0 amide bonds. The molecule has 0 heterocycles. The zero-order valence-electron chi connectivity index (χ0n) is 7.90. The summed E-state index contributed by atoms with van der Waals surface area (Å²) in [6.07, 6.45) is 0.811. The molecule has 1 N–H and O–H groups in total. The van der Waals surface area contributed by atoms with Crippen LogP contribution in [0, 0.1) is 0 Å². The summed E-state index contributed by atoms with van der Waals surface area (Å²) < 4.78 is 30.2. The Labute approximate surface area is 83.8 Å². The zero-order valence-corrected chi connectivity index (χ0v) is 8.71. The largest absolute Gasteiger partial charge is 0.294 e. The van der Waals surface area contributed by atoms with Crippen molar-refractivity contribution in [3.8, 4) is 0 Å². The van der Waals surface area contributed by atoms with Crippen molar-refractivity contribution in [2.75, 3.05) is 0 Å². The number of allylic oxidation sites excluding steroid dienone is 1. The average molecular weight is 212 g/mol. The maximum atomic E-state index is 10.7. The standard InChI is InChI=1S/C10H12O3S/c1-3-8(2)9-4-6-10(7-5-9)14(11,12)13/h4-7H,2-3H2,1H3,(H,11,12,13). The van der Waals surface area contributed by atoms with Gasteiger partial charge < -0.3 is 0 Å². The molecule has 1 rings (SSSR count). The highest BCUT2D eigenvalue weighted by Gasteiger charge is 2.08. The second-order valence-corrected chi connectivity index (χ2v) is 4.38. The van der Waals surface area contributed by atoms with E-state index in [4.69, 9.17) is 4.55 Å². The van der Waals surface area contributed by atoms with Crippen LogP contribution in [0.1, 0.15) is 18.9 Å². The van der Waals surface area contributed by atoms with Gasteiger partial charge in [-0.05, 0) is 29.7 Å². The molecule has 0 saturated heterocycles. The average Bonchev–Trinajstić information content (AvgIpc) is 2.15. The third kappa shape index (κ3) is 2.43. The minimum Gasteiger partial charge on any atom is -0.282 e. The van der Waals surface area contributed by atoms with Gasteiger partial charge in [-0.3, -0.25) is 4.55 Å². The molecule has 0 aliphatic carbocycles. The number of benzene rings is 1. The number of hydrogen-bond acceptors (Lipinski definition) is 2. The van der Waals surface area contributed by atoms with Gasteiger partial charge in [-0.15, -0.1) is 0 Å². The minimum absolute atomic E-state index is 0.0925. The molecule has 0 aromatic heterocycles. The van der Waals surface area contributed by atoms with E-state index in [2.05, 4.69) is 6.58 Å². The van der Waals surface area contributed by atoms with Crippen LogP contribution in [0.15, 0.2) is 35.7 Å². The summed E-state index contributed by atoms with van der Waals surface area (Å²) in [6, 6.07) is 6.00. The van der Waals surface area contributed by atoms with E-state index in [-0.39, 0.29) is 4.90 Å². The van der Waals surface area contributed by atoms with E-state index in [1.165, 1.54) is 12.1 Å². The molecule has 1 aromatic carbocycles. The van der Waals surface area contributed by atoms with Gasteiger partial charge in [-0.25, -0.2) is 0 Å².